The Hall–Kier alpha value is -1.37. The summed E-state index contributed by atoms with van der Waals surface area (Å²) >= 11 is 3.06. The predicted octanol–water partition coefficient (Wildman–Crippen LogP) is 3.26. The van der Waals surface area contributed by atoms with Crippen molar-refractivity contribution in [2.24, 2.45) is 5.84 Å². The topological polar surface area (TPSA) is 50.9 Å². The minimum atomic E-state index is -0.623. The Morgan fingerprint density at radius 2 is 1.90 bits per heavy atom. The highest BCUT2D eigenvalue weighted by Crippen LogP contribution is 2.28. The van der Waals surface area contributed by atoms with Crippen molar-refractivity contribution in [3.63, 3.8) is 0 Å². The number of rotatable bonds is 5. The molecule has 1 atom stereocenters. The number of hydrazine groups is 1. The second-order valence-corrected chi connectivity index (χ2v) is 5.22. The van der Waals surface area contributed by atoms with E-state index in [0.717, 1.165) is 5.56 Å². The zero-order valence-electron chi connectivity index (χ0n) is 10.6. The molecule has 1 aromatic carbocycles. The van der Waals surface area contributed by atoms with Crippen molar-refractivity contribution >= 4 is 15.9 Å². The number of nitrogens with zero attached hydrogens (tertiary/aromatic N) is 1. The molecule has 1 unspecified atom stereocenters. The Kier molecular flexibility index (Phi) is 5.17. The lowest BCUT2D eigenvalue weighted by atomic mass is 9.99. The first-order valence-electron chi connectivity index (χ1n) is 6.12. The third-order valence-electron chi connectivity index (χ3n) is 3.10. The number of nitrogens with two attached hydrogens (primary N) is 1. The van der Waals surface area contributed by atoms with Gasteiger partial charge in [0.15, 0.2) is 0 Å². The van der Waals surface area contributed by atoms with Gasteiger partial charge in [0.25, 0.3) is 0 Å². The maximum Gasteiger partial charge on any atom is 0.145 e. The molecule has 0 spiro atoms. The summed E-state index contributed by atoms with van der Waals surface area (Å²) in [5.74, 6) is 4.22. The molecule has 3 nitrogen and oxygen atoms in total. The number of pyridine rings is 1. The smallest absolute Gasteiger partial charge is 0.145 e. The van der Waals surface area contributed by atoms with E-state index in [-0.39, 0.29) is 10.0 Å². The third kappa shape index (κ3) is 3.39. The first kappa shape index (κ1) is 15.0. The van der Waals surface area contributed by atoms with E-state index < -0.39 is 17.7 Å². The van der Waals surface area contributed by atoms with Gasteiger partial charge in [0.2, 0.25) is 0 Å². The van der Waals surface area contributed by atoms with Gasteiger partial charge in [-0.2, -0.15) is 0 Å². The molecule has 1 aromatic heterocycles. The van der Waals surface area contributed by atoms with Crippen LogP contribution in [0.25, 0.3) is 0 Å². The van der Waals surface area contributed by atoms with E-state index in [0.29, 0.717) is 12.8 Å². The maximum atomic E-state index is 14.0. The minimum Gasteiger partial charge on any atom is -0.271 e. The third-order valence-corrected chi connectivity index (χ3v) is 3.71. The lowest BCUT2D eigenvalue weighted by Crippen LogP contribution is -2.30. The molecule has 2 rings (SSSR count). The molecule has 0 aliphatic rings. The zero-order valence-corrected chi connectivity index (χ0v) is 12.2. The van der Waals surface area contributed by atoms with Crippen molar-refractivity contribution in [3.8, 4) is 0 Å². The van der Waals surface area contributed by atoms with Gasteiger partial charge in [0, 0.05) is 18.0 Å². The van der Waals surface area contributed by atoms with Crippen LogP contribution in [0, 0.1) is 11.6 Å². The quantitative estimate of drug-likeness (QED) is 0.498. The molecule has 0 saturated heterocycles. The number of nitrogens with one attached hydrogen (secondary N) is 1. The highest BCUT2D eigenvalue weighted by Gasteiger charge is 2.21. The van der Waals surface area contributed by atoms with E-state index in [1.807, 2.05) is 12.1 Å². The van der Waals surface area contributed by atoms with Crippen molar-refractivity contribution < 1.29 is 8.78 Å². The average Bonchev–Trinajstić information content (AvgIpc) is 2.47. The lowest BCUT2D eigenvalue weighted by molar-refractivity contribution is 0.452. The lowest BCUT2D eigenvalue weighted by Gasteiger charge is -2.18. The standard InChI is InChI=1S/C14H14BrF2N3/c15-10-2-3-11(16)13(14(10)17)12(20-18)4-1-9-5-7-19-8-6-9/h2-3,5-8,12,20H,1,4,18H2. The van der Waals surface area contributed by atoms with Crippen LogP contribution >= 0.6 is 15.9 Å². The largest absolute Gasteiger partial charge is 0.271 e. The molecule has 0 aliphatic heterocycles. The fraction of sp³-hybridized carbons (Fsp3) is 0.214. The van der Waals surface area contributed by atoms with Crippen LogP contribution in [0.15, 0.2) is 41.1 Å². The summed E-state index contributed by atoms with van der Waals surface area (Å²) in [5, 5.41) is 0. The van der Waals surface area contributed by atoms with Gasteiger partial charge in [0.1, 0.15) is 11.6 Å². The summed E-state index contributed by atoms with van der Waals surface area (Å²) in [6.07, 6.45) is 4.48. The fourth-order valence-corrected chi connectivity index (χ4v) is 2.38. The SMILES string of the molecule is NNC(CCc1ccncc1)c1c(F)ccc(Br)c1F. The van der Waals surface area contributed by atoms with E-state index in [4.69, 9.17) is 5.84 Å². The molecule has 0 radical (unpaired) electrons. The number of hydrogen-bond donors (Lipinski definition) is 2. The molecule has 1 heterocycles. The highest BCUT2D eigenvalue weighted by atomic mass is 79.9. The summed E-state index contributed by atoms with van der Waals surface area (Å²) in [6.45, 7) is 0. The molecule has 0 saturated carbocycles. The number of aryl methyl sites for hydroxylation is 1. The van der Waals surface area contributed by atoms with Gasteiger partial charge in [0.05, 0.1) is 10.5 Å². The van der Waals surface area contributed by atoms with Crippen molar-refractivity contribution in [1.82, 2.24) is 10.4 Å². The molecule has 0 bridgehead atoms. The molecular weight excluding hydrogens is 328 g/mol. The van der Waals surface area contributed by atoms with Crippen LogP contribution in [0.5, 0.6) is 0 Å². The minimum absolute atomic E-state index is 0.0454. The van der Waals surface area contributed by atoms with Gasteiger partial charge in [-0.1, -0.05) is 0 Å². The van der Waals surface area contributed by atoms with E-state index in [2.05, 4.69) is 26.3 Å². The average molecular weight is 342 g/mol. The van der Waals surface area contributed by atoms with Crippen molar-refractivity contribution in [2.75, 3.05) is 0 Å². The number of aromatic nitrogens is 1. The normalized spacial score (nSPS) is 12.4. The first-order chi connectivity index (χ1) is 9.63. The molecule has 0 amide bonds. The monoisotopic (exact) mass is 341 g/mol. The molecule has 6 heteroatoms. The van der Waals surface area contributed by atoms with Gasteiger partial charge in [-0.15, -0.1) is 0 Å². The van der Waals surface area contributed by atoms with Crippen molar-refractivity contribution in [1.29, 1.82) is 0 Å². The Bertz CT molecular complexity index is 578. The molecule has 3 N–H and O–H groups in total. The summed E-state index contributed by atoms with van der Waals surface area (Å²) in [7, 11) is 0. The van der Waals surface area contributed by atoms with Crippen molar-refractivity contribution in [3.05, 3.63) is 63.9 Å². The van der Waals surface area contributed by atoms with Crippen molar-refractivity contribution in [2.45, 2.75) is 18.9 Å². The van der Waals surface area contributed by atoms with E-state index in [9.17, 15) is 8.78 Å². The summed E-state index contributed by atoms with van der Waals surface area (Å²) < 4.78 is 28.1. The van der Waals surface area contributed by atoms with Crippen LogP contribution in [-0.4, -0.2) is 4.98 Å². The molecule has 0 aliphatic carbocycles. The van der Waals surface area contributed by atoms with Gasteiger partial charge >= 0.3 is 0 Å². The molecule has 20 heavy (non-hydrogen) atoms. The van der Waals surface area contributed by atoms with Crippen LogP contribution in [0.3, 0.4) is 0 Å². The Morgan fingerprint density at radius 3 is 2.55 bits per heavy atom. The summed E-state index contributed by atoms with van der Waals surface area (Å²) in [6, 6.07) is 5.69. The fourth-order valence-electron chi connectivity index (χ4n) is 2.03. The molecule has 2 aromatic rings. The van der Waals surface area contributed by atoms with Gasteiger partial charge < -0.3 is 0 Å². The van der Waals surface area contributed by atoms with Gasteiger partial charge in [-0.25, -0.2) is 8.78 Å². The van der Waals surface area contributed by atoms with Crippen LogP contribution in [-0.2, 0) is 6.42 Å². The number of benzene rings is 1. The predicted molar refractivity (Wildman–Crippen MR) is 76.7 cm³/mol. The second-order valence-electron chi connectivity index (χ2n) is 4.37. The van der Waals surface area contributed by atoms with E-state index >= 15 is 0 Å². The van der Waals surface area contributed by atoms with E-state index in [1.165, 1.54) is 12.1 Å². The molecule has 106 valence electrons. The Morgan fingerprint density at radius 1 is 1.20 bits per heavy atom. The molecular formula is C14H14BrF2N3. The maximum absolute atomic E-state index is 14.0. The number of halogens is 3. The highest BCUT2D eigenvalue weighted by molar-refractivity contribution is 9.10. The van der Waals surface area contributed by atoms with Gasteiger partial charge in [-0.05, 0) is 58.6 Å². The Labute approximate surface area is 124 Å². The Balaban J connectivity index is 2.19. The second kappa shape index (κ2) is 6.88. The number of hydrogen-bond acceptors (Lipinski definition) is 3. The summed E-state index contributed by atoms with van der Waals surface area (Å²) in [5.41, 5.74) is 3.47. The van der Waals surface area contributed by atoms with E-state index in [1.54, 1.807) is 12.4 Å². The van der Waals surface area contributed by atoms with Crippen LogP contribution in [0.2, 0.25) is 0 Å². The van der Waals surface area contributed by atoms with Gasteiger partial charge in [-0.3, -0.25) is 16.3 Å². The first-order valence-corrected chi connectivity index (χ1v) is 6.91. The molecule has 0 fully saturated rings. The van der Waals surface area contributed by atoms with Crippen LogP contribution in [0.4, 0.5) is 8.78 Å². The van der Waals surface area contributed by atoms with Crippen LogP contribution in [0.1, 0.15) is 23.6 Å². The summed E-state index contributed by atoms with van der Waals surface area (Å²) in [4.78, 5) is 3.92. The zero-order chi connectivity index (χ0) is 14.5. The van der Waals surface area contributed by atoms with Crippen LogP contribution < -0.4 is 11.3 Å².